The molecule has 150 valence electrons. The molecule has 27 heavy (non-hydrogen) atoms. The van der Waals surface area contributed by atoms with E-state index >= 15 is 0 Å². The largest absolute Gasteiger partial charge is 0.369 e. The second-order valence-electron chi connectivity index (χ2n) is 7.05. The molecule has 1 atom stereocenters. The van der Waals surface area contributed by atoms with Crippen LogP contribution < -0.4 is 15.5 Å². The number of aliphatic imine (C=N–C) groups is 1. The highest BCUT2D eigenvalue weighted by Gasteiger charge is 2.28. The minimum absolute atomic E-state index is 0.0551. The average Bonchev–Trinajstić information content (AvgIpc) is 3.00. The van der Waals surface area contributed by atoms with Crippen LogP contribution >= 0.6 is 0 Å². The topological polar surface area (TPSA) is 77.0 Å². The fourth-order valence-corrected chi connectivity index (χ4v) is 5.18. The third-order valence-corrected chi connectivity index (χ3v) is 6.85. The third-order valence-electron chi connectivity index (χ3n) is 5.08. The highest BCUT2D eigenvalue weighted by Crippen LogP contribution is 2.16. The molecule has 3 rings (SSSR count). The molecule has 2 aliphatic heterocycles. The summed E-state index contributed by atoms with van der Waals surface area (Å²) >= 11 is 0. The Morgan fingerprint density at radius 2 is 1.93 bits per heavy atom. The SMILES string of the molecule is CN=C(NCCN1CCN(c2ccc(F)cc2)CC1)NC1CCS(=O)(=O)C1. The van der Waals surface area contributed by atoms with Crippen LogP contribution in [0.15, 0.2) is 29.3 Å². The molecule has 1 aromatic rings. The average molecular weight is 398 g/mol. The third kappa shape index (κ3) is 5.80. The Morgan fingerprint density at radius 3 is 2.52 bits per heavy atom. The van der Waals surface area contributed by atoms with E-state index in [1.54, 1.807) is 7.05 Å². The van der Waals surface area contributed by atoms with Crippen LogP contribution in [0.25, 0.3) is 0 Å². The van der Waals surface area contributed by atoms with Gasteiger partial charge in [0, 0.05) is 58.0 Å². The summed E-state index contributed by atoms with van der Waals surface area (Å²) in [5.41, 5.74) is 1.06. The van der Waals surface area contributed by atoms with Crippen LogP contribution in [0.2, 0.25) is 0 Å². The molecule has 1 unspecified atom stereocenters. The summed E-state index contributed by atoms with van der Waals surface area (Å²) in [5.74, 6) is 0.877. The number of hydrogen-bond donors (Lipinski definition) is 2. The van der Waals surface area contributed by atoms with Crippen molar-refractivity contribution in [2.75, 3.05) is 62.7 Å². The molecule has 0 bridgehead atoms. The Kier molecular flexibility index (Phi) is 6.54. The predicted octanol–water partition coefficient (Wildman–Crippen LogP) is 0.300. The van der Waals surface area contributed by atoms with E-state index in [4.69, 9.17) is 0 Å². The Labute approximate surface area is 160 Å². The molecule has 2 N–H and O–H groups in total. The number of sulfone groups is 1. The van der Waals surface area contributed by atoms with Gasteiger partial charge in [0.05, 0.1) is 11.5 Å². The molecule has 2 saturated heterocycles. The van der Waals surface area contributed by atoms with Crippen LogP contribution in [0.1, 0.15) is 6.42 Å². The molecule has 0 aromatic heterocycles. The van der Waals surface area contributed by atoms with Crippen molar-refractivity contribution in [2.45, 2.75) is 12.5 Å². The number of rotatable bonds is 5. The van der Waals surface area contributed by atoms with Gasteiger partial charge in [-0.3, -0.25) is 9.89 Å². The number of nitrogens with zero attached hydrogens (tertiary/aromatic N) is 3. The van der Waals surface area contributed by atoms with Gasteiger partial charge in [0.1, 0.15) is 5.82 Å². The van der Waals surface area contributed by atoms with Gasteiger partial charge in [0.15, 0.2) is 15.8 Å². The lowest BCUT2D eigenvalue weighted by Crippen LogP contribution is -2.50. The van der Waals surface area contributed by atoms with Crippen molar-refractivity contribution in [1.82, 2.24) is 15.5 Å². The number of piperazine rings is 1. The number of nitrogens with one attached hydrogen (secondary N) is 2. The molecule has 2 fully saturated rings. The second-order valence-corrected chi connectivity index (χ2v) is 9.28. The van der Waals surface area contributed by atoms with Gasteiger partial charge in [-0.15, -0.1) is 0 Å². The number of benzene rings is 1. The predicted molar refractivity (Wildman–Crippen MR) is 107 cm³/mol. The van der Waals surface area contributed by atoms with E-state index < -0.39 is 9.84 Å². The lowest BCUT2D eigenvalue weighted by atomic mass is 10.2. The Morgan fingerprint density at radius 1 is 1.22 bits per heavy atom. The van der Waals surface area contributed by atoms with Crippen LogP contribution in [0.4, 0.5) is 10.1 Å². The van der Waals surface area contributed by atoms with Crippen LogP contribution in [0, 0.1) is 5.82 Å². The molecular formula is C18H28FN5O2S. The van der Waals surface area contributed by atoms with E-state index in [-0.39, 0.29) is 23.4 Å². The Balaban J connectivity index is 1.36. The molecule has 0 aliphatic carbocycles. The summed E-state index contributed by atoms with van der Waals surface area (Å²) < 4.78 is 36.1. The van der Waals surface area contributed by atoms with Gasteiger partial charge in [0.25, 0.3) is 0 Å². The van der Waals surface area contributed by atoms with Crippen LogP contribution in [-0.4, -0.2) is 83.1 Å². The minimum Gasteiger partial charge on any atom is -0.369 e. The zero-order valence-corrected chi connectivity index (χ0v) is 16.5. The van der Waals surface area contributed by atoms with E-state index in [9.17, 15) is 12.8 Å². The van der Waals surface area contributed by atoms with E-state index in [2.05, 4.69) is 25.4 Å². The number of anilines is 1. The van der Waals surface area contributed by atoms with Crippen molar-refractivity contribution < 1.29 is 12.8 Å². The first-order chi connectivity index (χ1) is 12.9. The quantitative estimate of drug-likeness (QED) is 0.550. The first-order valence-corrected chi connectivity index (χ1v) is 11.2. The van der Waals surface area contributed by atoms with E-state index in [1.807, 2.05) is 12.1 Å². The first kappa shape index (κ1) is 19.9. The van der Waals surface area contributed by atoms with Crippen LogP contribution in [0.3, 0.4) is 0 Å². The molecule has 2 aliphatic rings. The van der Waals surface area contributed by atoms with Crippen molar-refractivity contribution >= 4 is 21.5 Å². The second kappa shape index (κ2) is 8.88. The minimum atomic E-state index is -2.90. The number of halogens is 1. The Bertz CT molecular complexity index is 746. The fraction of sp³-hybridized carbons (Fsp3) is 0.611. The lowest BCUT2D eigenvalue weighted by Gasteiger charge is -2.36. The van der Waals surface area contributed by atoms with E-state index in [1.165, 1.54) is 12.1 Å². The normalized spacial score (nSPS) is 23.4. The lowest BCUT2D eigenvalue weighted by molar-refractivity contribution is 0.261. The maximum Gasteiger partial charge on any atom is 0.191 e. The van der Waals surface area contributed by atoms with Gasteiger partial charge in [-0.05, 0) is 30.7 Å². The highest BCUT2D eigenvalue weighted by molar-refractivity contribution is 7.91. The summed E-state index contributed by atoms with van der Waals surface area (Å²) in [6.07, 6.45) is 0.633. The van der Waals surface area contributed by atoms with Crippen molar-refractivity contribution in [3.05, 3.63) is 30.1 Å². The van der Waals surface area contributed by atoms with Crippen molar-refractivity contribution in [1.29, 1.82) is 0 Å². The van der Waals surface area contributed by atoms with Gasteiger partial charge in [-0.25, -0.2) is 12.8 Å². The van der Waals surface area contributed by atoms with Gasteiger partial charge in [-0.2, -0.15) is 0 Å². The van der Waals surface area contributed by atoms with E-state index in [0.717, 1.165) is 45.0 Å². The molecular weight excluding hydrogens is 369 g/mol. The van der Waals surface area contributed by atoms with Crippen LogP contribution in [-0.2, 0) is 9.84 Å². The standard InChI is InChI=1S/C18H28FN5O2S/c1-20-18(22-16-6-13-27(25,26)14-16)21-7-8-23-9-11-24(12-10-23)17-4-2-15(19)3-5-17/h2-5,16H,6-14H2,1H3,(H2,20,21,22). The molecule has 0 saturated carbocycles. The zero-order chi connectivity index (χ0) is 19.3. The summed E-state index contributed by atoms with van der Waals surface area (Å²) in [7, 11) is -1.20. The first-order valence-electron chi connectivity index (χ1n) is 9.36. The molecule has 2 heterocycles. The monoisotopic (exact) mass is 397 g/mol. The summed E-state index contributed by atoms with van der Waals surface area (Å²) in [6.45, 7) is 5.37. The van der Waals surface area contributed by atoms with Gasteiger partial charge < -0.3 is 15.5 Å². The van der Waals surface area contributed by atoms with E-state index in [0.29, 0.717) is 12.4 Å². The summed E-state index contributed by atoms with van der Waals surface area (Å²) in [6, 6.07) is 6.59. The molecule has 0 radical (unpaired) electrons. The highest BCUT2D eigenvalue weighted by atomic mass is 32.2. The van der Waals surface area contributed by atoms with Gasteiger partial charge >= 0.3 is 0 Å². The van der Waals surface area contributed by atoms with Gasteiger partial charge in [0.2, 0.25) is 0 Å². The molecule has 9 heteroatoms. The number of hydrogen-bond acceptors (Lipinski definition) is 5. The van der Waals surface area contributed by atoms with Crippen molar-refractivity contribution in [3.8, 4) is 0 Å². The molecule has 0 spiro atoms. The maximum absolute atomic E-state index is 13.0. The molecule has 0 amide bonds. The fourth-order valence-electron chi connectivity index (χ4n) is 3.51. The number of guanidine groups is 1. The summed E-state index contributed by atoms with van der Waals surface area (Å²) in [4.78, 5) is 8.83. The zero-order valence-electron chi connectivity index (χ0n) is 15.7. The maximum atomic E-state index is 13.0. The molecule has 7 nitrogen and oxygen atoms in total. The summed E-state index contributed by atoms with van der Waals surface area (Å²) in [5, 5.41) is 6.46. The van der Waals surface area contributed by atoms with Crippen molar-refractivity contribution in [3.63, 3.8) is 0 Å². The Hall–Kier alpha value is -1.87. The smallest absolute Gasteiger partial charge is 0.191 e. The van der Waals surface area contributed by atoms with Crippen LogP contribution in [0.5, 0.6) is 0 Å². The van der Waals surface area contributed by atoms with Crippen molar-refractivity contribution in [2.24, 2.45) is 4.99 Å². The van der Waals surface area contributed by atoms with Gasteiger partial charge in [-0.1, -0.05) is 0 Å². The molecule has 1 aromatic carbocycles.